The zero-order chi connectivity index (χ0) is 17.8. The highest BCUT2D eigenvalue weighted by Crippen LogP contribution is 2.36. The number of aryl methyl sites for hydroxylation is 2. The fourth-order valence-electron chi connectivity index (χ4n) is 3.53. The second kappa shape index (κ2) is 7.73. The maximum absolute atomic E-state index is 14.6. The number of ether oxygens (including phenoxy) is 1. The summed E-state index contributed by atoms with van der Waals surface area (Å²) >= 11 is 0. The van der Waals surface area contributed by atoms with Crippen LogP contribution in [0.5, 0.6) is 5.75 Å². The highest BCUT2D eigenvalue weighted by Gasteiger charge is 2.17. The topological polar surface area (TPSA) is 25.0 Å². The molecule has 0 amide bonds. The molecule has 132 valence electrons. The van der Waals surface area contributed by atoms with E-state index >= 15 is 0 Å². The van der Waals surface area contributed by atoms with Crippen LogP contribution in [-0.4, -0.2) is 12.1 Å². The van der Waals surface area contributed by atoms with Crippen molar-refractivity contribution in [1.29, 1.82) is 0 Å². The van der Waals surface area contributed by atoms with Crippen LogP contribution in [0, 0.1) is 12.7 Å². The number of nitrogens with one attached hydrogen (secondary N) is 1. The van der Waals surface area contributed by atoms with Crippen molar-refractivity contribution in [3.05, 3.63) is 53.5 Å². The van der Waals surface area contributed by atoms with Crippen LogP contribution < -0.4 is 4.74 Å². The fraction of sp³-hybridized carbons (Fsp3) is 0.364. The first-order valence-electron chi connectivity index (χ1n) is 9.09. The molecule has 0 aliphatic heterocycles. The molecule has 1 N–H and O–H groups in total. The van der Waals surface area contributed by atoms with Gasteiger partial charge in [-0.1, -0.05) is 38.3 Å². The van der Waals surface area contributed by atoms with Gasteiger partial charge in [0.1, 0.15) is 11.6 Å². The van der Waals surface area contributed by atoms with Gasteiger partial charge >= 0.3 is 0 Å². The third-order valence-electron chi connectivity index (χ3n) is 4.81. The number of benzene rings is 2. The van der Waals surface area contributed by atoms with E-state index < -0.39 is 0 Å². The highest BCUT2D eigenvalue weighted by atomic mass is 19.1. The summed E-state index contributed by atoms with van der Waals surface area (Å²) in [7, 11) is 1.67. The van der Waals surface area contributed by atoms with Crippen LogP contribution in [0.4, 0.5) is 4.39 Å². The fourth-order valence-corrected chi connectivity index (χ4v) is 3.53. The SMILES string of the molecule is CCCCCCc1[nH]c2cccc(F)c2c1-c1ccc(OC)c(C)c1. The molecule has 0 unspecified atom stereocenters. The molecular formula is C22H26FNO. The van der Waals surface area contributed by atoms with Crippen molar-refractivity contribution < 1.29 is 9.13 Å². The maximum Gasteiger partial charge on any atom is 0.133 e. The normalized spacial score (nSPS) is 11.2. The minimum Gasteiger partial charge on any atom is -0.496 e. The van der Waals surface area contributed by atoms with Gasteiger partial charge in [-0.25, -0.2) is 4.39 Å². The molecule has 0 aliphatic rings. The molecule has 0 saturated heterocycles. The minimum atomic E-state index is -0.169. The van der Waals surface area contributed by atoms with Crippen molar-refractivity contribution >= 4 is 10.9 Å². The number of unbranched alkanes of at least 4 members (excludes halogenated alkanes) is 3. The van der Waals surface area contributed by atoms with Crippen LogP contribution in [0.25, 0.3) is 22.0 Å². The van der Waals surface area contributed by atoms with Gasteiger partial charge in [-0.05, 0) is 55.2 Å². The number of hydrogen-bond acceptors (Lipinski definition) is 1. The standard InChI is InChI=1S/C22H26FNO/c1-4-5-6-7-10-18-21(16-12-13-20(25-3)15(2)14-16)22-17(23)9-8-11-19(22)24-18/h8-9,11-14,24H,4-7,10H2,1-3H3. The third-order valence-corrected chi connectivity index (χ3v) is 4.81. The number of fused-ring (bicyclic) bond motifs is 1. The Bertz CT molecular complexity index is 866. The van der Waals surface area contributed by atoms with Gasteiger partial charge in [-0.2, -0.15) is 0 Å². The summed E-state index contributed by atoms with van der Waals surface area (Å²) in [6.45, 7) is 4.23. The summed E-state index contributed by atoms with van der Waals surface area (Å²) in [4.78, 5) is 3.46. The van der Waals surface area contributed by atoms with E-state index in [1.54, 1.807) is 13.2 Å². The molecule has 0 radical (unpaired) electrons. The number of H-pyrrole nitrogens is 1. The van der Waals surface area contributed by atoms with Crippen molar-refractivity contribution in [3.8, 4) is 16.9 Å². The molecule has 0 saturated carbocycles. The number of aromatic nitrogens is 1. The third kappa shape index (κ3) is 3.55. The second-order valence-electron chi connectivity index (χ2n) is 6.64. The van der Waals surface area contributed by atoms with E-state index in [2.05, 4.69) is 18.0 Å². The molecule has 1 heterocycles. The summed E-state index contributed by atoms with van der Waals surface area (Å²) in [5.74, 6) is 0.686. The smallest absolute Gasteiger partial charge is 0.133 e. The average molecular weight is 339 g/mol. The Kier molecular flexibility index (Phi) is 5.42. The molecule has 0 aliphatic carbocycles. The average Bonchev–Trinajstić information content (AvgIpc) is 2.98. The van der Waals surface area contributed by atoms with Gasteiger partial charge in [-0.15, -0.1) is 0 Å². The minimum absolute atomic E-state index is 0.169. The van der Waals surface area contributed by atoms with Gasteiger partial charge in [-0.3, -0.25) is 0 Å². The van der Waals surface area contributed by atoms with E-state index in [1.807, 2.05) is 25.1 Å². The summed E-state index contributed by atoms with van der Waals surface area (Å²) in [5, 5.41) is 0.692. The molecule has 25 heavy (non-hydrogen) atoms. The molecule has 0 spiro atoms. The Morgan fingerprint density at radius 3 is 2.64 bits per heavy atom. The van der Waals surface area contributed by atoms with Crippen LogP contribution in [0.2, 0.25) is 0 Å². The molecule has 0 bridgehead atoms. The lowest BCUT2D eigenvalue weighted by molar-refractivity contribution is 0.412. The Hall–Kier alpha value is -2.29. The zero-order valence-corrected chi connectivity index (χ0v) is 15.3. The van der Waals surface area contributed by atoms with E-state index in [9.17, 15) is 4.39 Å². The second-order valence-corrected chi connectivity index (χ2v) is 6.64. The van der Waals surface area contributed by atoms with Gasteiger partial charge in [0.15, 0.2) is 0 Å². The van der Waals surface area contributed by atoms with Crippen molar-refractivity contribution in [2.45, 2.75) is 46.0 Å². The Labute approximate surface area is 149 Å². The van der Waals surface area contributed by atoms with Gasteiger partial charge in [0.25, 0.3) is 0 Å². The van der Waals surface area contributed by atoms with Crippen LogP contribution >= 0.6 is 0 Å². The Morgan fingerprint density at radius 2 is 1.92 bits per heavy atom. The molecule has 0 atom stereocenters. The summed E-state index contributed by atoms with van der Waals surface area (Å²) in [6.07, 6.45) is 5.71. The molecule has 2 nitrogen and oxygen atoms in total. The quantitative estimate of drug-likeness (QED) is 0.494. The maximum atomic E-state index is 14.6. The molecule has 2 aromatic carbocycles. The van der Waals surface area contributed by atoms with Gasteiger partial charge in [0, 0.05) is 22.2 Å². The number of rotatable bonds is 7. The lowest BCUT2D eigenvalue weighted by Gasteiger charge is -2.10. The molecule has 3 heteroatoms. The number of methoxy groups -OCH3 is 1. The monoisotopic (exact) mass is 339 g/mol. The van der Waals surface area contributed by atoms with E-state index in [-0.39, 0.29) is 5.82 Å². The number of halogens is 1. The summed E-state index contributed by atoms with van der Waals surface area (Å²) < 4.78 is 20.0. The first kappa shape index (κ1) is 17.5. The molecule has 3 aromatic rings. The van der Waals surface area contributed by atoms with Crippen molar-refractivity contribution in [1.82, 2.24) is 4.98 Å². The number of aromatic amines is 1. The predicted molar refractivity (Wildman–Crippen MR) is 103 cm³/mol. The van der Waals surface area contributed by atoms with E-state index in [0.717, 1.165) is 46.5 Å². The Morgan fingerprint density at radius 1 is 1.08 bits per heavy atom. The number of hydrogen-bond donors (Lipinski definition) is 1. The van der Waals surface area contributed by atoms with Crippen LogP contribution in [0.3, 0.4) is 0 Å². The van der Waals surface area contributed by atoms with Crippen molar-refractivity contribution in [2.75, 3.05) is 7.11 Å². The van der Waals surface area contributed by atoms with Crippen LogP contribution in [-0.2, 0) is 6.42 Å². The van der Waals surface area contributed by atoms with Gasteiger partial charge in [0.05, 0.1) is 7.11 Å². The first-order valence-corrected chi connectivity index (χ1v) is 9.09. The van der Waals surface area contributed by atoms with Crippen molar-refractivity contribution in [3.63, 3.8) is 0 Å². The van der Waals surface area contributed by atoms with Crippen LogP contribution in [0.1, 0.15) is 43.9 Å². The molecule has 0 fully saturated rings. The lowest BCUT2D eigenvalue weighted by Crippen LogP contribution is -1.92. The van der Waals surface area contributed by atoms with Gasteiger partial charge in [0.2, 0.25) is 0 Å². The molecular weight excluding hydrogens is 313 g/mol. The lowest BCUT2D eigenvalue weighted by atomic mass is 9.97. The Balaban J connectivity index is 2.08. The molecule has 1 aromatic heterocycles. The molecule has 3 rings (SSSR count). The first-order chi connectivity index (χ1) is 12.2. The summed E-state index contributed by atoms with van der Waals surface area (Å²) in [6, 6.07) is 11.3. The highest BCUT2D eigenvalue weighted by molar-refractivity contribution is 5.98. The van der Waals surface area contributed by atoms with E-state index in [4.69, 9.17) is 4.74 Å². The zero-order valence-electron chi connectivity index (χ0n) is 15.3. The van der Waals surface area contributed by atoms with E-state index in [1.165, 1.54) is 25.3 Å². The summed E-state index contributed by atoms with van der Waals surface area (Å²) in [5.41, 5.74) is 5.09. The van der Waals surface area contributed by atoms with Crippen molar-refractivity contribution in [2.24, 2.45) is 0 Å². The van der Waals surface area contributed by atoms with Gasteiger partial charge < -0.3 is 9.72 Å². The van der Waals surface area contributed by atoms with E-state index in [0.29, 0.717) is 5.39 Å². The predicted octanol–water partition coefficient (Wildman–Crippen LogP) is 6.41. The largest absolute Gasteiger partial charge is 0.496 e. The van der Waals surface area contributed by atoms with Crippen LogP contribution in [0.15, 0.2) is 36.4 Å².